The highest BCUT2D eigenvalue weighted by molar-refractivity contribution is 5.87. The number of ether oxygens (including phenoxy) is 2. The molecule has 24 heavy (non-hydrogen) atoms. The molecule has 0 amide bonds. The summed E-state index contributed by atoms with van der Waals surface area (Å²) in [6, 6.07) is 6.68. The number of pyridine rings is 1. The molecule has 1 aromatic carbocycles. The fraction of sp³-hybridized carbons (Fsp3) is 0.333. The summed E-state index contributed by atoms with van der Waals surface area (Å²) in [5.74, 6) is 0.253. The van der Waals surface area contributed by atoms with Crippen LogP contribution < -0.4 is 14.9 Å². The number of aromatic carboxylic acids is 1. The lowest BCUT2D eigenvalue weighted by molar-refractivity contribution is 0.0694. The third-order valence-corrected chi connectivity index (χ3v) is 4.31. The Kier molecular flexibility index (Phi) is 4.05. The summed E-state index contributed by atoms with van der Waals surface area (Å²) in [5.41, 5.74) is 0.646. The van der Waals surface area contributed by atoms with E-state index in [-0.39, 0.29) is 17.5 Å². The lowest BCUT2D eigenvalue weighted by atomic mass is 10.0. The Hall–Kier alpha value is -2.76. The number of fused-ring (bicyclic) bond motifs is 3. The molecular formula is C18H19NO5. The van der Waals surface area contributed by atoms with Gasteiger partial charge in [-0.05, 0) is 18.1 Å². The lowest BCUT2D eigenvalue weighted by Gasteiger charge is -2.24. The van der Waals surface area contributed by atoms with Crippen LogP contribution in [-0.4, -0.2) is 29.4 Å². The number of rotatable bonds is 3. The predicted molar refractivity (Wildman–Crippen MR) is 89.0 cm³/mol. The zero-order valence-corrected chi connectivity index (χ0v) is 13.8. The molecule has 0 spiro atoms. The fourth-order valence-corrected chi connectivity index (χ4v) is 2.93. The summed E-state index contributed by atoms with van der Waals surface area (Å²) in [4.78, 5) is 23.5. The van der Waals surface area contributed by atoms with Crippen LogP contribution in [0.4, 0.5) is 0 Å². The number of hydrogen-bond acceptors (Lipinski definition) is 4. The normalized spacial score (nSPS) is 15.9. The third kappa shape index (κ3) is 2.64. The van der Waals surface area contributed by atoms with Crippen molar-refractivity contribution in [2.75, 3.05) is 13.7 Å². The van der Waals surface area contributed by atoms with E-state index in [2.05, 4.69) is 0 Å². The summed E-state index contributed by atoms with van der Waals surface area (Å²) in [6.45, 7) is 4.45. The molecular weight excluding hydrogens is 310 g/mol. The second kappa shape index (κ2) is 6.03. The average Bonchev–Trinajstić information content (AvgIpc) is 2.69. The van der Waals surface area contributed by atoms with Gasteiger partial charge in [0.25, 0.3) is 0 Å². The van der Waals surface area contributed by atoms with Crippen LogP contribution in [-0.2, 0) is 0 Å². The summed E-state index contributed by atoms with van der Waals surface area (Å²) < 4.78 is 13.0. The van der Waals surface area contributed by atoms with E-state index in [1.54, 1.807) is 19.2 Å². The summed E-state index contributed by atoms with van der Waals surface area (Å²) in [7, 11) is 1.58. The minimum Gasteiger partial charge on any atom is -0.497 e. The highest BCUT2D eigenvalue weighted by atomic mass is 16.5. The molecule has 0 fully saturated rings. The van der Waals surface area contributed by atoms with Crippen molar-refractivity contribution >= 4 is 5.97 Å². The molecule has 2 heterocycles. The van der Waals surface area contributed by atoms with E-state index in [1.165, 1.54) is 12.3 Å². The van der Waals surface area contributed by atoms with Crippen molar-refractivity contribution in [3.05, 3.63) is 46.2 Å². The molecule has 1 N–H and O–H groups in total. The standard InChI is InChI=1S/C18H19NO5/c1-10(2)15-9-24-17-6-11(23-3)4-5-12(17)14-7-16(20)13(18(21)22)8-19(14)15/h4-8,10,15H,9H2,1-3H3,(H,21,22). The van der Waals surface area contributed by atoms with Crippen molar-refractivity contribution in [2.24, 2.45) is 5.92 Å². The highest BCUT2D eigenvalue weighted by Crippen LogP contribution is 2.38. The molecule has 1 aliphatic rings. The van der Waals surface area contributed by atoms with Crippen molar-refractivity contribution in [1.29, 1.82) is 0 Å². The summed E-state index contributed by atoms with van der Waals surface area (Å²) in [5, 5.41) is 9.26. The van der Waals surface area contributed by atoms with E-state index in [1.807, 2.05) is 24.5 Å². The number of hydrogen-bond donors (Lipinski definition) is 1. The van der Waals surface area contributed by atoms with Gasteiger partial charge in [0.2, 0.25) is 0 Å². The van der Waals surface area contributed by atoms with Gasteiger partial charge >= 0.3 is 5.97 Å². The Bertz CT molecular complexity index is 853. The number of carboxylic acids is 1. The first-order valence-corrected chi connectivity index (χ1v) is 7.73. The van der Waals surface area contributed by atoms with Crippen LogP contribution in [0.3, 0.4) is 0 Å². The second-order valence-electron chi connectivity index (χ2n) is 6.13. The first-order valence-electron chi connectivity index (χ1n) is 7.73. The van der Waals surface area contributed by atoms with Crippen LogP contribution in [0.25, 0.3) is 11.3 Å². The fourth-order valence-electron chi connectivity index (χ4n) is 2.93. The van der Waals surface area contributed by atoms with Crippen LogP contribution in [0.1, 0.15) is 30.2 Å². The maximum Gasteiger partial charge on any atom is 0.341 e. The van der Waals surface area contributed by atoms with Crippen LogP contribution in [0, 0.1) is 5.92 Å². The predicted octanol–water partition coefficient (Wildman–Crippen LogP) is 2.81. The molecule has 0 saturated carbocycles. The molecule has 0 aliphatic carbocycles. The number of benzene rings is 1. The van der Waals surface area contributed by atoms with Gasteiger partial charge in [-0.3, -0.25) is 4.79 Å². The largest absolute Gasteiger partial charge is 0.497 e. The van der Waals surface area contributed by atoms with E-state index in [0.717, 1.165) is 5.56 Å². The zero-order chi connectivity index (χ0) is 17.4. The van der Waals surface area contributed by atoms with Gasteiger partial charge in [-0.1, -0.05) is 13.8 Å². The smallest absolute Gasteiger partial charge is 0.341 e. The molecule has 0 saturated heterocycles. The van der Waals surface area contributed by atoms with Crippen molar-refractivity contribution in [1.82, 2.24) is 4.57 Å². The first kappa shape index (κ1) is 16.1. The Labute approximate surface area is 139 Å². The maximum absolute atomic E-state index is 12.2. The molecule has 2 aromatic rings. The van der Waals surface area contributed by atoms with Crippen LogP contribution in [0.2, 0.25) is 0 Å². The molecule has 1 aromatic heterocycles. The van der Waals surface area contributed by atoms with Crippen molar-refractivity contribution in [3.8, 4) is 22.8 Å². The van der Waals surface area contributed by atoms with E-state index < -0.39 is 11.4 Å². The van der Waals surface area contributed by atoms with Gasteiger partial charge in [-0.15, -0.1) is 0 Å². The zero-order valence-electron chi connectivity index (χ0n) is 13.8. The monoisotopic (exact) mass is 329 g/mol. The minimum atomic E-state index is -1.22. The van der Waals surface area contributed by atoms with Gasteiger partial charge in [0.05, 0.1) is 18.8 Å². The molecule has 3 rings (SSSR count). The molecule has 1 aliphatic heterocycles. The number of aromatic nitrogens is 1. The van der Waals surface area contributed by atoms with Crippen molar-refractivity contribution < 1.29 is 19.4 Å². The van der Waals surface area contributed by atoms with E-state index >= 15 is 0 Å². The Morgan fingerprint density at radius 1 is 1.38 bits per heavy atom. The quantitative estimate of drug-likeness (QED) is 0.937. The topological polar surface area (TPSA) is 77.8 Å². The van der Waals surface area contributed by atoms with E-state index in [4.69, 9.17) is 9.47 Å². The SMILES string of the molecule is COc1ccc2c(c1)OCC(C(C)C)n1cc(C(=O)O)c(=O)cc1-2. The number of nitrogens with zero attached hydrogens (tertiary/aromatic N) is 1. The van der Waals surface area contributed by atoms with Crippen molar-refractivity contribution in [2.45, 2.75) is 19.9 Å². The van der Waals surface area contributed by atoms with Crippen molar-refractivity contribution in [3.63, 3.8) is 0 Å². The maximum atomic E-state index is 12.2. The average molecular weight is 329 g/mol. The van der Waals surface area contributed by atoms with Crippen LogP contribution >= 0.6 is 0 Å². The summed E-state index contributed by atoms with van der Waals surface area (Å²) >= 11 is 0. The van der Waals surface area contributed by atoms with Crippen LogP contribution in [0.15, 0.2) is 35.3 Å². The summed E-state index contributed by atoms with van der Waals surface area (Å²) in [6.07, 6.45) is 1.42. The van der Waals surface area contributed by atoms with Gasteiger partial charge < -0.3 is 19.1 Å². The third-order valence-electron chi connectivity index (χ3n) is 4.31. The molecule has 1 atom stereocenters. The Morgan fingerprint density at radius 3 is 2.75 bits per heavy atom. The van der Waals surface area contributed by atoms with Gasteiger partial charge in [0.15, 0.2) is 5.43 Å². The molecule has 6 nitrogen and oxygen atoms in total. The van der Waals surface area contributed by atoms with Gasteiger partial charge in [-0.2, -0.15) is 0 Å². The molecule has 0 radical (unpaired) electrons. The second-order valence-corrected chi connectivity index (χ2v) is 6.13. The highest BCUT2D eigenvalue weighted by Gasteiger charge is 2.27. The van der Waals surface area contributed by atoms with E-state index in [9.17, 15) is 14.7 Å². The minimum absolute atomic E-state index is 0.0860. The lowest BCUT2D eigenvalue weighted by Crippen LogP contribution is -2.25. The number of methoxy groups -OCH3 is 1. The number of carbonyl (C=O) groups is 1. The van der Waals surface area contributed by atoms with Gasteiger partial charge in [0, 0.05) is 23.9 Å². The van der Waals surface area contributed by atoms with Gasteiger partial charge in [-0.25, -0.2) is 4.79 Å². The number of carboxylic acid groups (broad SMARTS) is 1. The Morgan fingerprint density at radius 2 is 2.12 bits per heavy atom. The first-order chi connectivity index (χ1) is 11.4. The molecule has 0 bridgehead atoms. The van der Waals surface area contributed by atoms with E-state index in [0.29, 0.717) is 23.8 Å². The Balaban J connectivity index is 2.29. The molecule has 1 unspecified atom stereocenters. The van der Waals surface area contributed by atoms with Crippen LogP contribution in [0.5, 0.6) is 11.5 Å². The molecule has 6 heteroatoms. The molecule has 126 valence electrons. The van der Waals surface area contributed by atoms with Gasteiger partial charge in [0.1, 0.15) is 23.7 Å².